The summed E-state index contributed by atoms with van der Waals surface area (Å²) in [7, 11) is 3.23. The lowest BCUT2D eigenvalue weighted by atomic mass is 10.2. The molecule has 1 aliphatic rings. The van der Waals surface area contributed by atoms with Crippen LogP contribution in [0.2, 0.25) is 5.02 Å². The van der Waals surface area contributed by atoms with Crippen molar-refractivity contribution < 1.29 is 19.0 Å². The third kappa shape index (κ3) is 4.79. The number of para-hydroxylation sites is 1. The number of methoxy groups -OCH3 is 1. The Morgan fingerprint density at radius 1 is 1.11 bits per heavy atom. The summed E-state index contributed by atoms with van der Waals surface area (Å²) >= 11 is 12.5. The van der Waals surface area contributed by atoms with Crippen LogP contribution >= 0.6 is 35.6 Å². The molecule has 8 heteroatoms. The molecule has 146 valence electrons. The molecule has 28 heavy (non-hydrogen) atoms. The van der Waals surface area contributed by atoms with Crippen LogP contribution in [0.25, 0.3) is 6.08 Å². The summed E-state index contributed by atoms with van der Waals surface area (Å²) in [5.74, 6) is 1.67. The second-order valence-corrected chi connectivity index (χ2v) is 7.86. The third-order valence-corrected chi connectivity index (χ3v) is 5.70. The topological polar surface area (TPSA) is 48.0 Å². The monoisotopic (exact) mass is 435 g/mol. The Labute approximate surface area is 178 Å². The number of benzene rings is 2. The van der Waals surface area contributed by atoms with E-state index >= 15 is 0 Å². The van der Waals surface area contributed by atoms with Crippen molar-refractivity contribution in [2.45, 2.75) is 0 Å². The highest BCUT2D eigenvalue weighted by Crippen LogP contribution is 2.34. The maximum atomic E-state index is 12.1. The van der Waals surface area contributed by atoms with E-state index in [2.05, 4.69) is 0 Å². The first kappa shape index (κ1) is 20.5. The molecule has 1 saturated heterocycles. The average Bonchev–Trinajstić information content (AvgIpc) is 2.94. The van der Waals surface area contributed by atoms with Gasteiger partial charge in [-0.2, -0.15) is 0 Å². The van der Waals surface area contributed by atoms with E-state index in [0.717, 1.165) is 5.56 Å². The fourth-order valence-corrected chi connectivity index (χ4v) is 3.82. The summed E-state index contributed by atoms with van der Waals surface area (Å²) in [5.41, 5.74) is 0.825. The van der Waals surface area contributed by atoms with Crippen molar-refractivity contribution in [2.75, 3.05) is 27.4 Å². The molecule has 0 saturated carbocycles. The molecule has 1 aliphatic heterocycles. The van der Waals surface area contributed by atoms with Crippen molar-refractivity contribution >= 4 is 51.9 Å². The smallest absolute Gasteiger partial charge is 0.265 e. The van der Waals surface area contributed by atoms with Crippen molar-refractivity contribution in [3.8, 4) is 17.2 Å². The Bertz CT molecular complexity index is 932. The lowest BCUT2D eigenvalue weighted by Crippen LogP contribution is -2.22. The van der Waals surface area contributed by atoms with Crippen LogP contribution in [-0.4, -0.2) is 42.5 Å². The Morgan fingerprint density at radius 3 is 2.46 bits per heavy atom. The molecule has 0 bridgehead atoms. The van der Waals surface area contributed by atoms with E-state index in [0.29, 0.717) is 44.7 Å². The van der Waals surface area contributed by atoms with E-state index < -0.39 is 0 Å². The van der Waals surface area contributed by atoms with Gasteiger partial charge in [0.1, 0.15) is 23.3 Å². The summed E-state index contributed by atoms with van der Waals surface area (Å²) in [5, 5.41) is 0.557. The first-order valence-corrected chi connectivity index (χ1v) is 9.99. The molecule has 0 aromatic heterocycles. The molecule has 2 aromatic carbocycles. The number of thiocarbonyl (C=S) groups is 1. The fourth-order valence-electron chi connectivity index (χ4n) is 2.46. The predicted molar refractivity (Wildman–Crippen MR) is 116 cm³/mol. The average molecular weight is 436 g/mol. The normalized spacial score (nSPS) is 15.2. The lowest BCUT2D eigenvalue weighted by Gasteiger charge is -2.12. The van der Waals surface area contributed by atoms with Gasteiger partial charge in [-0.1, -0.05) is 53.8 Å². The highest BCUT2D eigenvalue weighted by atomic mass is 35.5. The van der Waals surface area contributed by atoms with Gasteiger partial charge >= 0.3 is 0 Å². The van der Waals surface area contributed by atoms with Crippen LogP contribution in [0, 0.1) is 0 Å². The molecule has 0 radical (unpaired) electrons. The number of hydrogen-bond acceptors (Lipinski definition) is 6. The number of likely N-dealkylation sites (N-methyl/N-ethyl adjacent to an activating group) is 1. The number of halogens is 1. The van der Waals surface area contributed by atoms with Crippen molar-refractivity contribution in [2.24, 2.45) is 0 Å². The van der Waals surface area contributed by atoms with Crippen molar-refractivity contribution in [3.05, 3.63) is 58.0 Å². The number of ether oxygens (including phenoxy) is 3. The van der Waals surface area contributed by atoms with Crippen molar-refractivity contribution in [3.63, 3.8) is 0 Å². The van der Waals surface area contributed by atoms with Gasteiger partial charge in [-0.15, -0.1) is 0 Å². The number of amides is 1. The van der Waals surface area contributed by atoms with Crippen molar-refractivity contribution in [1.29, 1.82) is 0 Å². The molecule has 0 spiro atoms. The number of hydrogen-bond donors (Lipinski definition) is 0. The van der Waals surface area contributed by atoms with Crippen LogP contribution in [0.4, 0.5) is 0 Å². The zero-order valence-corrected chi connectivity index (χ0v) is 17.7. The van der Waals surface area contributed by atoms with Crippen LogP contribution in [0.1, 0.15) is 5.56 Å². The van der Waals surface area contributed by atoms with E-state index in [1.165, 1.54) is 16.7 Å². The minimum absolute atomic E-state index is 0.106. The number of carbonyl (C=O) groups is 1. The molecule has 0 unspecified atom stereocenters. The predicted octanol–water partition coefficient (Wildman–Crippen LogP) is 4.64. The Balaban J connectivity index is 1.63. The van der Waals surface area contributed by atoms with Gasteiger partial charge in [0, 0.05) is 7.05 Å². The van der Waals surface area contributed by atoms with Crippen LogP contribution in [-0.2, 0) is 4.79 Å². The molecule has 3 rings (SSSR count). The minimum atomic E-state index is -0.106. The Hall–Kier alpha value is -2.22. The van der Waals surface area contributed by atoms with Gasteiger partial charge in [0.15, 0.2) is 11.5 Å². The maximum absolute atomic E-state index is 12.1. The van der Waals surface area contributed by atoms with Crippen LogP contribution < -0.4 is 14.2 Å². The number of rotatable bonds is 7. The quantitative estimate of drug-likeness (QED) is 0.359. The zero-order valence-electron chi connectivity index (χ0n) is 15.3. The van der Waals surface area contributed by atoms with Gasteiger partial charge in [-0.25, -0.2) is 0 Å². The van der Waals surface area contributed by atoms with Gasteiger partial charge in [-0.3, -0.25) is 9.69 Å². The Morgan fingerprint density at radius 2 is 1.82 bits per heavy atom. The molecule has 0 aliphatic carbocycles. The van der Waals surface area contributed by atoms with Gasteiger partial charge in [0.05, 0.1) is 17.0 Å². The summed E-state index contributed by atoms with van der Waals surface area (Å²) in [6, 6.07) is 12.7. The van der Waals surface area contributed by atoms with Gasteiger partial charge in [-0.05, 0) is 35.9 Å². The minimum Gasteiger partial charge on any atom is -0.493 e. The van der Waals surface area contributed by atoms with Crippen LogP contribution in [0.5, 0.6) is 17.2 Å². The van der Waals surface area contributed by atoms with Crippen LogP contribution in [0.3, 0.4) is 0 Å². The third-order valence-electron chi connectivity index (χ3n) is 3.91. The molecule has 2 aromatic rings. The van der Waals surface area contributed by atoms with Gasteiger partial charge < -0.3 is 14.2 Å². The van der Waals surface area contributed by atoms with E-state index in [4.69, 9.17) is 38.0 Å². The van der Waals surface area contributed by atoms with E-state index in [1.807, 2.05) is 24.3 Å². The first-order valence-electron chi connectivity index (χ1n) is 8.39. The molecule has 1 heterocycles. The van der Waals surface area contributed by atoms with E-state index in [1.54, 1.807) is 38.4 Å². The highest BCUT2D eigenvalue weighted by Gasteiger charge is 2.28. The van der Waals surface area contributed by atoms with Crippen molar-refractivity contribution in [1.82, 2.24) is 4.90 Å². The van der Waals surface area contributed by atoms with Crippen LogP contribution in [0.15, 0.2) is 47.4 Å². The standard InChI is InChI=1S/C20H18ClNO4S2/c1-22-19(23)18(28-20(22)27)12-13-7-8-16(17(11-13)24-2)26-10-9-25-15-6-4-3-5-14(15)21/h3-8,11-12H,9-10H2,1-2H3/b18-12-. The molecular weight excluding hydrogens is 418 g/mol. The Kier molecular flexibility index (Phi) is 6.83. The first-order chi connectivity index (χ1) is 13.5. The molecular formula is C20H18ClNO4S2. The molecule has 0 atom stereocenters. The second kappa shape index (κ2) is 9.32. The summed E-state index contributed by atoms with van der Waals surface area (Å²) in [6.07, 6.45) is 1.79. The van der Waals surface area contributed by atoms with Gasteiger partial charge in [0.25, 0.3) is 5.91 Å². The fraction of sp³-hybridized carbons (Fsp3) is 0.200. The lowest BCUT2D eigenvalue weighted by molar-refractivity contribution is -0.121. The number of carbonyl (C=O) groups excluding carboxylic acids is 1. The molecule has 1 amide bonds. The summed E-state index contributed by atoms with van der Waals surface area (Å²) in [4.78, 5) is 14.2. The largest absolute Gasteiger partial charge is 0.493 e. The number of nitrogens with zero attached hydrogens (tertiary/aromatic N) is 1. The highest BCUT2D eigenvalue weighted by molar-refractivity contribution is 8.26. The van der Waals surface area contributed by atoms with E-state index in [-0.39, 0.29) is 5.91 Å². The molecule has 1 fully saturated rings. The molecule has 0 N–H and O–H groups in total. The SMILES string of the molecule is COc1cc(/C=C2\SC(=S)N(C)C2=O)ccc1OCCOc1ccccc1Cl. The molecule has 5 nitrogen and oxygen atoms in total. The maximum Gasteiger partial charge on any atom is 0.265 e. The summed E-state index contributed by atoms with van der Waals surface area (Å²) in [6.45, 7) is 0.670. The van der Waals surface area contributed by atoms with Gasteiger partial charge in [0.2, 0.25) is 0 Å². The number of thioether (sulfide) groups is 1. The summed E-state index contributed by atoms with van der Waals surface area (Å²) < 4.78 is 17.3. The van der Waals surface area contributed by atoms with E-state index in [9.17, 15) is 4.79 Å². The second-order valence-electron chi connectivity index (χ2n) is 5.78. The zero-order chi connectivity index (χ0) is 20.1.